The van der Waals surface area contributed by atoms with Crippen molar-refractivity contribution in [3.8, 4) is 0 Å². The van der Waals surface area contributed by atoms with Gasteiger partial charge in [-0.1, -0.05) is 0 Å². The second-order valence-corrected chi connectivity index (χ2v) is 3.75. The Bertz CT molecular complexity index is 114. The van der Waals surface area contributed by atoms with Gasteiger partial charge >= 0.3 is 0 Å². The first-order chi connectivity index (χ1) is 5.08. The number of hydrogen-bond donors (Lipinski definition) is 2. The van der Waals surface area contributed by atoms with Crippen molar-refractivity contribution in [2.24, 2.45) is 0 Å². The summed E-state index contributed by atoms with van der Waals surface area (Å²) in [4.78, 5) is 0. The summed E-state index contributed by atoms with van der Waals surface area (Å²) >= 11 is 0. The molecule has 0 spiro atoms. The van der Waals surface area contributed by atoms with Crippen LogP contribution in [0.4, 0.5) is 0 Å². The van der Waals surface area contributed by atoms with Gasteiger partial charge in [0.15, 0.2) is 0 Å². The van der Waals surface area contributed by atoms with E-state index in [9.17, 15) is 5.11 Å². The molecule has 0 aromatic heterocycles. The molecule has 1 saturated heterocycles. The quantitative estimate of drug-likeness (QED) is 0.615. The lowest BCUT2D eigenvalue weighted by molar-refractivity contribution is 0.0754. The minimum Gasteiger partial charge on any atom is -0.389 e. The van der Waals surface area contributed by atoms with Gasteiger partial charge in [-0.3, -0.25) is 0 Å². The molecule has 0 aromatic carbocycles. The average molecular weight is 159 g/mol. The van der Waals surface area contributed by atoms with E-state index in [4.69, 9.17) is 4.74 Å². The lowest BCUT2D eigenvalue weighted by Crippen LogP contribution is -2.40. The highest BCUT2D eigenvalue weighted by molar-refractivity contribution is 4.76. The van der Waals surface area contributed by atoms with Crippen molar-refractivity contribution in [2.75, 3.05) is 19.8 Å². The van der Waals surface area contributed by atoms with Crippen molar-refractivity contribution in [3.05, 3.63) is 0 Å². The molecule has 0 aromatic rings. The average Bonchev–Trinajstić information content (AvgIpc) is 2.32. The van der Waals surface area contributed by atoms with Crippen LogP contribution >= 0.6 is 0 Å². The maximum atomic E-state index is 9.37. The van der Waals surface area contributed by atoms with Crippen molar-refractivity contribution >= 4 is 0 Å². The Morgan fingerprint density at radius 2 is 2.36 bits per heavy atom. The molecule has 66 valence electrons. The monoisotopic (exact) mass is 159 g/mol. The van der Waals surface area contributed by atoms with E-state index >= 15 is 0 Å². The van der Waals surface area contributed by atoms with Crippen molar-refractivity contribution in [1.29, 1.82) is 0 Å². The number of hydrogen-bond acceptors (Lipinski definition) is 3. The Hall–Kier alpha value is -0.120. The van der Waals surface area contributed by atoms with E-state index in [1.54, 1.807) is 13.8 Å². The minimum absolute atomic E-state index is 0.446. The third-order valence-corrected chi connectivity index (χ3v) is 1.75. The molecule has 1 heterocycles. The zero-order valence-corrected chi connectivity index (χ0v) is 7.26. The summed E-state index contributed by atoms with van der Waals surface area (Å²) in [6, 6.07) is 0.446. The first kappa shape index (κ1) is 8.97. The van der Waals surface area contributed by atoms with Gasteiger partial charge < -0.3 is 15.2 Å². The van der Waals surface area contributed by atoms with Crippen LogP contribution in [0.25, 0.3) is 0 Å². The predicted octanol–water partition coefficient (Wildman–Crippen LogP) is 0.136. The van der Waals surface area contributed by atoms with Crippen LogP contribution < -0.4 is 5.32 Å². The molecule has 3 nitrogen and oxygen atoms in total. The second kappa shape index (κ2) is 3.52. The van der Waals surface area contributed by atoms with Gasteiger partial charge in [-0.05, 0) is 20.3 Å². The summed E-state index contributed by atoms with van der Waals surface area (Å²) in [7, 11) is 0. The summed E-state index contributed by atoms with van der Waals surface area (Å²) in [5, 5.41) is 12.6. The molecule has 11 heavy (non-hydrogen) atoms. The first-order valence-corrected chi connectivity index (χ1v) is 4.11. The molecule has 1 atom stereocenters. The maximum absolute atomic E-state index is 9.37. The van der Waals surface area contributed by atoms with Crippen LogP contribution in [0.5, 0.6) is 0 Å². The van der Waals surface area contributed by atoms with Gasteiger partial charge in [0.1, 0.15) is 0 Å². The van der Waals surface area contributed by atoms with Crippen LogP contribution in [-0.2, 0) is 4.74 Å². The molecule has 3 heteroatoms. The van der Waals surface area contributed by atoms with Gasteiger partial charge in [0.25, 0.3) is 0 Å². The fourth-order valence-electron chi connectivity index (χ4n) is 1.09. The Morgan fingerprint density at radius 1 is 1.64 bits per heavy atom. The van der Waals surface area contributed by atoms with E-state index in [0.717, 1.165) is 19.6 Å². The molecule has 0 amide bonds. The van der Waals surface area contributed by atoms with E-state index in [0.29, 0.717) is 12.6 Å². The Morgan fingerprint density at radius 3 is 2.82 bits per heavy atom. The Labute approximate surface area is 67.7 Å². The SMILES string of the molecule is CC(C)(O)CNC1CCOC1. The van der Waals surface area contributed by atoms with Gasteiger partial charge in [-0.25, -0.2) is 0 Å². The highest BCUT2D eigenvalue weighted by Gasteiger charge is 2.18. The maximum Gasteiger partial charge on any atom is 0.0715 e. The normalized spacial score (nSPS) is 25.9. The third kappa shape index (κ3) is 3.70. The molecule has 1 unspecified atom stereocenters. The van der Waals surface area contributed by atoms with Gasteiger partial charge in [0, 0.05) is 19.2 Å². The van der Waals surface area contributed by atoms with Gasteiger partial charge in [-0.15, -0.1) is 0 Å². The predicted molar refractivity (Wildman–Crippen MR) is 43.5 cm³/mol. The largest absolute Gasteiger partial charge is 0.389 e. The fourth-order valence-corrected chi connectivity index (χ4v) is 1.09. The lowest BCUT2D eigenvalue weighted by atomic mass is 10.1. The molecular formula is C8H17NO2. The lowest BCUT2D eigenvalue weighted by Gasteiger charge is -2.20. The molecule has 0 radical (unpaired) electrons. The van der Waals surface area contributed by atoms with E-state index in [1.807, 2.05) is 0 Å². The molecule has 0 saturated carbocycles. The number of aliphatic hydroxyl groups is 1. The topological polar surface area (TPSA) is 41.5 Å². The van der Waals surface area contributed by atoms with E-state index in [-0.39, 0.29) is 0 Å². The van der Waals surface area contributed by atoms with E-state index in [1.165, 1.54) is 0 Å². The number of rotatable bonds is 3. The molecular weight excluding hydrogens is 142 g/mol. The van der Waals surface area contributed by atoms with Crippen LogP contribution in [0, 0.1) is 0 Å². The summed E-state index contributed by atoms with van der Waals surface area (Å²) < 4.78 is 5.18. The molecule has 0 aliphatic carbocycles. The van der Waals surface area contributed by atoms with Crippen molar-refractivity contribution in [2.45, 2.75) is 31.9 Å². The van der Waals surface area contributed by atoms with Crippen molar-refractivity contribution in [1.82, 2.24) is 5.32 Å². The fraction of sp³-hybridized carbons (Fsp3) is 1.00. The van der Waals surface area contributed by atoms with Crippen LogP contribution in [0.2, 0.25) is 0 Å². The van der Waals surface area contributed by atoms with Crippen LogP contribution in [0.3, 0.4) is 0 Å². The van der Waals surface area contributed by atoms with Crippen LogP contribution in [-0.4, -0.2) is 36.5 Å². The number of ether oxygens (including phenoxy) is 1. The molecule has 1 aliphatic heterocycles. The highest BCUT2D eigenvalue weighted by atomic mass is 16.5. The van der Waals surface area contributed by atoms with Crippen LogP contribution in [0.15, 0.2) is 0 Å². The first-order valence-electron chi connectivity index (χ1n) is 4.11. The molecule has 1 aliphatic rings. The van der Waals surface area contributed by atoms with E-state index in [2.05, 4.69) is 5.32 Å². The Balaban J connectivity index is 2.11. The molecule has 0 bridgehead atoms. The second-order valence-electron chi connectivity index (χ2n) is 3.75. The van der Waals surface area contributed by atoms with Crippen molar-refractivity contribution in [3.63, 3.8) is 0 Å². The highest BCUT2D eigenvalue weighted by Crippen LogP contribution is 2.05. The summed E-state index contributed by atoms with van der Waals surface area (Å²) in [6.07, 6.45) is 1.07. The van der Waals surface area contributed by atoms with Gasteiger partial charge in [-0.2, -0.15) is 0 Å². The van der Waals surface area contributed by atoms with Gasteiger partial charge in [0.2, 0.25) is 0 Å². The van der Waals surface area contributed by atoms with Crippen LogP contribution in [0.1, 0.15) is 20.3 Å². The zero-order chi connectivity index (χ0) is 8.32. The van der Waals surface area contributed by atoms with Gasteiger partial charge in [0.05, 0.1) is 12.2 Å². The standard InChI is InChI=1S/C8H17NO2/c1-8(2,10)6-9-7-3-4-11-5-7/h7,9-10H,3-6H2,1-2H3. The molecule has 1 rings (SSSR count). The Kier molecular flexibility index (Phi) is 2.87. The third-order valence-electron chi connectivity index (χ3n) is 1.75. The van der Waals surface area contributed by atoms with E-state index < -0.39 is 5.60 Å². The summed E-state index contributed by atoms with van der Waals surface area (Å²) in [5.41, 5.74) is -0.609. The van der Waals surface area contributed by atoms with Crippen molar-refractivity contribution < 1.29 is 9.84 Å². The summed E-state index contributed by atoms with van der Waals surface area (Å²) in [5.74, 6) is 0. The molecule has 2 N–H and O–H groups in total. The smallest absolute Gasteiger partial charge is 0.0715 e. The summed E-state index contributed by atoms with van der Waals surface area (Å²) in [6.45, 7) is 5.88. The minimum atomic E-state index is -0.609. The molecule has 1 fully saturated rings. The zero-order valence-electron chi connectivity index (χ0n) is 7.26. The number of nitrogens with one attached hydrogen (secondary N) is 1.